The number of aliphatic carboxylic acids is 1. The van der Waals surface area contributed by atoms with Crippen LogP contribution in [0.1, 0.15) is 12.8 Å². The first-order valence-corrected chi connectivity index (χ1v) is 6.99. The molecule has 21 heavy (non-hydrogen) atoms. The molecule has 1 amide bonds. The molecule has 2 aliphatic heterocycles. The Morgan fingerprint density at radius 3 is 2.57 bits per heavy atom. The molecule has 5 nitrogen and oxygen atoms in total. The molecule has 4 atom stereocenters. The summed E-state index contributed by atoms with van der Waals surface area (Å²) < 4.78 is 19.2. The Labute approximate surface area is 125 Å². The van der Waals surface area contributed by atoms with Crippen molar-refractivity contribution in [3.8, 4) is 0 Å². The SMILES string of the molecule is O=C(O)[C@@H]1[C@H](C(=O)Nc2ccc(Cl)cc2F)[C@H]2CC[C@H]1O2. The van der Waals surface area contributed by atoms with E-state index in [1.54, 1.807) is 0 Å². The van der Waals surface area contributed by atoms with Crippen molar-refractivity contribution in [3.05, 3.63) is 29.0 Å². The fraction of sp³-hybridized carbons (Fsp3) is 0.429. The van der Waals surface area contributed by atoms with E-state index in [9.17, 15) is 19.1 Å². The second kappa shape index (κ2) is 5.27. The number of halogens is 2. The van der Waals surface area contributed by atoms with Crippen molar-refractivity contribution in [2.75, 3.05) is 5.32 Å². The van der Waals surface area contributed by atoms with E-state index in [1.165, 1.54) is 12.1 Å². The van der Waals surface area contributed by atoms with Gasteiger partial charge in [-0.3, -0.25) is 9.59 Å². The van der Waals surface area contributed by atoms with Crippen LogP contribution >= 0.6 is 11.6 Å². The monoisotopic (exact) mass is 313 g/mol. The van der Waals surface area contributed by atoms with Crippen LogP contribution in [0.25, 0.3) is 0 Å². The average molecular weight is 314 g/mol. The average Bonchev–Trinajstić information content (AvgIpc) is 3.02. The summed E-state index contributed by atoms with van der Waals surface area (Å²) in [6.07, 6.45) is 0.445. The number of fused-ring (bicyclic) bond motifs is 2. The molecular weight excluding hydrogens is 301 g/mol. The molecule has 2 aliphatic rings. The van der Waals surface area contributed by atoms with Gasteiger partial charge in [-0.25, -0.2) is 4.39 Å². The molecule has 0 radical (unpaired) electrons. The Balaban J connectivity index is 1.80. The maximum atomic E-state index is 13.7. The molecule has 1 aromatic rings. The molecule has 0 spiro atoms. The number of ether oxygens (including phenoxy) is 1. The molecule has 3 rings (SSSR count). The third-order valence-electron chi connectivity index (χ3n) is 4.05. The van der Waals surface area contributed by atoms with Crippen LogP contribution in [-0.4, -0.2) is 29.2 Å². The van der Waals surface area contributed by atoms with Crippen molar-refractivity contribution >= 4 is 29.2 Å². The topological polar surface area (TPSA) is 75.6 Å². The van der Waals surface area contributed by atoms with Crippen molar-refractivity contribution in [3.63, 3.8) is 0 Å². The number of nitrogens with one attached hydrogen (secondary N) is 1. The van der Waals surface area contributed by atoms with Crippen LogP contribution in [0.4, 0.5) is 10.1 Å². The number of carbonyl (C=O) groups excluding carboxylic acids is 1. The van der Waals surface area contributed by atoms with Gasteiger partial charge in [0.05, 0.1) is 29.7 Å². The van der Waals surface area contributed by atoms with E-state index in [0.29, 0.717) is 12.8 Å². The summed E-state index contributed by atoms with van der Waals surface area (Å²) in [7, 11) is 0. The summed E-state index contributed by atoms with van der Waals surface area (Å²) in [4.78, 5) is 23.6. The molecule has 2 bridgehead atoms. The lowest BCUT2D eigenvalue weighted by atomic mass is 9.78. The number of carboxylic acids is 1. The van der Waals surface area contributed by atoms with E-state index in [1.807, 2.05) is 0 Å². The molecule has 2 heterocycles. The quantitative estimate of drug-likeness (QED) is 0.898. The number of carbonyl (C=O) groups is 2. The van der Waals surface area contributed by atoms with E-state index in [0.717, 1.165) is 6.07 Å². The Kier molecular flexibility index (Phi) is 3.59. The molecule has 7 heteroatoms. The van der Waals surface area contributed by atoms with E-state index in [-0.39, 0.29) is 10.7 Å². The summed E-state index contributed by atoms with van der Waals surface area (Å²) in [6.45, 7) is 0. The summed E-state index contributed by atoms with van der Waals surface area (Å²) in [5.74, 6) is -3.92. The second-order valence-electron chi connectivity index (χ2n) is 5.29. The highest BCUT2D eigenvalue weighted by atomic mass is 35.5. The summed E-state index contributed by atoms with van der Waals surface area (Å²) in [5.41, 5.74) is -0.0173. The maximum Gasteiger partial charge on any atom is 0.310 e. The third-order valence-corrected chi connectivity index (χ3v) is 4.29. The first-order valence-electron chi connectivity index (χ1n) is 6.61. The van der Waals surface area contributed by atoms with Gasteiger partial charge in [-0.2, -0.15) is 0 Å². The van der Waals surface area contributed by atoms with Crippen LogP contribution in [0.3, 0.4) is 0 Å². The summed E-state index contributed by atoms with van der Waals surface area (Å²) in [5, 5.41) is 11.9. The largest absolute Gasteiger partial charge is 0.481 e. The lowest BCUT2D eigenvalue weighted by molar-refractivity contribution is -0.147. The Bertz CT molecular complexity index is 609. The van der Waals surface area contributed by atoms with E-state index in [2.05, 4.69) is 5.32 Å². The molecule has 0 aromatic heterocycles. The minimum absolute atomic E-state index is 0.0173. The Hall–Kier alpha value is -1.66. The fourth-order valence-corrected chi connectivity index (χ4v) is 3.29. The second-order valence-corrected chi connectivity index (χ2v) is 5.73. The summed E-state index contributed by atoms with van der Waals surface area (Å²) in [6, 6.07) is 3.88. The minimum Gasteiger partial charge on any atom is -0.481 e. The van der Waals surface area contributed by atoms with Crippen molar-refractivity contribution in [1.82, 2.24) is 0 Å². The van der Waals surface area contributed by atoms with Crippen LogP contribution in [-0.2, 0) is 14.3 Å². The predicted octanol–water partition coefficient (Wildman–Crippen LogP) is 2.30. The number of carboxylic acid groups (broad SMARTS) is 1. The van der Waals surface area contributed by atoms with E-state index >= 15 is 0 Å². The van der Waals surface area contributed by atoms with Crippen molar-refractivity contribution in [1.29, 1.82) is 0 Å². The zero-order chi connectivity index (χ0) is 15.1. The molecule has 0 aliphatic carbocycles. The van der Waals surface area contributed by atoms with Gasteiger partial charge in [0.1, 0.15) is 5.82 Å². The maximum absolute atomic E-state index is 13.7. The highest BCUT2D eigenvalue weighted by Crippen LogP contribution is 2.44. The van der Waals surface area contributed by atoms with E-state index in [4.69, 9.17) is 16.3 Å². The first kappa shape index (κ1) is 14.3. The van der Waals surface area contributed by atoms with Gasteiger partial charge in [-0.05, 0) is 31.0 Å². The van der Waals surface area contributed by atoms with E-state index < -0.39 is 41.7 Å². The van der Waals surface area contributed by atoms with Crippen LogP contribution in [0.15, 0.2) is 18.2 Å². The lowest BCUT2D eigenvalue weighted by Crippen LogP contribution is -2.41. The number of hydrogen-bond donors (Lipinski definition) is 2. The van der Waals surface area contributed by atoms with Crippen molar-refractivity contribution < 1.29 is 23.8 Å². The van der Waals surface area contributed by atoms with Gasteiger partial charge >= 0.3 is 5.97 Å². The van der Waals surface area contributed by atoms with Gasteiger partial charge in [-0.15, -0.1) is 0 Å². The molecule has 2 fully saturated rings. The minimum atomic E-state index is -1.06. The number of benzene rings is 1. The predicted molar refractivity (Wildman–Crippen MR) is 72.6 cm³/mol. The smallest absolute Gasteiger partial charge is 0.310 e. The number of anilines is 1. The number of hydrogen-bond acceptors (Lipinski definition) is 3. The third kappa shape index (κ3) is 2.49. The first-order chi connectivity index (χ1) is 9.97. The highest BCUT2D eigenvalue weighted by molar-refractivity contribution is 6.30. The Morgan fingerprint density at radius 1 is 1.29 bits per heavy atom. The highest BCUT2D eigenvalue weighted by Gasteiger charge is 2.55. The molecule has 0 unspecified atom stereocenters. The van der Waals surface area contributed by atoms with Crippen LogP contribution in [0, 0.1) is 17.7 Å². The fourth-order valence-electron chi connectivity index (χ4n) is 3.13. The lowest BCUT2D eigenvalue weighted by Gasteiger charge is -2.23. The number of amides is 1. The van der Waals surface area contributed by atoms with Crippen LogP contribution in [0.2, 0.25) is 5.02 Å². The van der Waals surface area contributed by atoms with Gasteiger partial charge in [0.15, 0.2) is 0 Å². The molecule has 2 N–H and O–H groups in total. The molecule has 1 aromatic carbocycles. The Morgan fingerprint density at radius 2 is 1.95 bits per heavy atom. The molecule has 0 saturated carbocycles. The normalized spacial score (nSPS) is 30.4. The van der Waals surface area contributed by atoms with Crippen molar-refractivity contribution in [2.45, 2.75) is 25.0 Å². The van der Waals surface area contributed by atoms with Crippen LogP contribution in [0.5, 0.6) is 0 Å². The molecule has 2 saturated heterocycles. The summed E-state index contributed by atoms with van der Waals surface area (Å²) >= 11 is 5.65. The van der Waals surface area contributed by atoms with Gasteiger partial charge < -0.3 is 15.2 Å². The van der Waals surface area contributed by atoms with Gasteiger partial charge in [0, 0.05) is 5.02 Å². The molecule has 112 valence electrons. The van der Waals surface area contributed by atoms with Gasteiger partial charge in [0.2, 0.25) is 5.91 Å². The van der Waals surface area contributed by atoms with Crippen molar-refractivity contribution in [2.24, 2.45) is 11.8 Å². The number of rotatable bonds is 3. The standard InChI is InChI=1S/C14H13ClFNO4/c15-6-1-2-8(7(16)5-6)17-13(18)11-9-3-4-10(21-9)12(11)14(19)20/h1-2,5,9-12H,3-4H2,(H,17,18)(H,19,20)/t9-,10-,11-,12+/m1/s1. The van der Waals surface area contributed by atoms with Gasteiger partial charge in [0.25, 0.3) is 0 Å². The van der Waals surface area contributed by atoms with Gasteiger partial charge in [-0.1, -0.05) is 11.6 Å². The van der Waals surface area contributed by atoms with Crippen LogP contribution < -0.4 is 5.32 Å². The zero-order valence-corrected chi connectivity index (χ0v) is 11.6. The molecular formula is C14H13ClFNO4. The zero-order valence-electron chi connectivity index (χ0n) is 10.9.